The first kappa shape index (κ1) is 14.4. The van der Waals surface area contributed by atoms with Crippen molar-refractivity contribution in [2.45, 2.75) is 32.4 Å². The summed E-state index contributed by atoms with van der Waals surface area (Å²) >= 11 is 0. The monoisotopic (exact) mass is 302 g/mol. The molecule has 116 valence electrons. The summed E-state index contributed by atoms with van der Waals surface area (Å²) in [5.41, 5.74) is 1.80. The number of carbonyl (C=O) groups excluding carboxylic acids is 2. The number of urea groups is 1. The van der Waals surface area contributed by atoms with E-state index in [1.165, 1.54) is 0 Å². The topological polar surface area (TPSA) is 80.6 Å². The van der Waals surface area contributed by atoms with Crippen LogP contribution in [-0.4, -0.2) is 24.6 Å². The van der Waals surface area contributed by atoms with E-state index in [0.717, 1.165) is 16.5 Å². The highest BCUT2D eigenvalue weighted by Gasteiger charge is 2.28. The Hall–Kier alpha value is -2.50. The van der Waals surface area contributed by atoms with Crippen LogP contribution in [0.5, 0.6) is 0 Å². The Labute approximate surface area is 127 Å². The second kappa shape index (κ2) is 5.71. The number of fused-ring (bicyclic) bond motifs is 1. The number of benzene rings is 1. The number of aryl methyl sites for hydroxylation is 1. The van der Waals surface area contributed by atoms with E-state index >= 15 is 0 Å². The predicted molar refractivity (Wildman–Crippen MR) is 80.4 cm³/mol. The normalized spacial score (nSPS) is 19.0. The van der Waals surface area contributed by atoms with Crippen LogP contribution >= 0.6 is 0 Å². The van der Waals surface area contributed by atoms with Gasteiger partial charge in [-0.25, -0.2) is 9.59 Å². The smallest absolute Gasteiger partial charge is 0.328 e. The van der Waals surface area contributed by atoms with Crippen LogP contribution in [0.3, 0.4) is 0 Å². The van der Waals surface area contributed by atoms with Crippen LogP contribution in [0.1, 0.15) is 30.7 Å². The molecule has 22 heavy (non-hydrogen) atoms. The van der Waals surface area contributed by atoms with Gasteiger partial charge in [-0.3, -0.25) is 0 Å². The fraction of sp³-hybridized carbons (Fsp3) is 0.375. The number of amides is 2. The van der Waals surface area contributed by atoms with Crippen molar-refractivity contribution in [3.8, 4) is 0 Å². The molecular weight excluding hydrogens is 284 g/mol. The van der Waals surface area contributed by atoms with Crippen LogP contribution in [0.25, 0.3) is 11.0 Å². The van der Waals surface area contributed by atoms with Crippen LogP contribution in [-0.2, 0) is 9.53 Å². The molecule has 0 spiro atoms. The lowest BCUT2D eigenvalue weighted by Gasteiger charge is -2.15. The van der Waals surface area contributed by atoms with E-state index in [1.807, 2.05) is 38.1 Å². The van der Waals surface area contributed by atoms with Gasteiger partial charge in [0.2, 0.25) is 0 Å². The molecule has 0 aliphatic carbocycles. The molecule has 6 nitrogen and oxygen atoms in total. The number of rotatable bonds is 3. The zero-order valence-corrected chi connectivity index (χ0v) is 12.5. The second-order valence-corrected chi connectivity index (χ2v) is 5.44. The molecule has 1 aromatic carbocycles. The van der Waals surface area contributed by atoms with E-state index in [0.29, 0.717) is 18.8 Å². The van der Waals surface area contributed by atoms with Crippen LogP contribution in [0, 0.1) is 6.92 Å². The van der Waals surface area contributed by atoms with Crippen molar-refractivity contribution in [3.05, 3.63) is 35.6 Å². The molecule has 0 saturated carbocycles. The predicted octanol–water partition coefficient (Wildman–Crippen LogP) is 2.42. The summed E-state index contributed by atoms with van der Waals surface area (Å²) in [6.45, 7) is 4.16. The van der Waals surface area contributed by atoms with Crippen LogP contribution < -0.4 is 10.6 Å². The van der Waals surface area contributed by atoms with Gasteiger partial charge in [0.15, 0.2) is 0 Å². The van der Waals surface area contributed by atoms with Gasteiger partial charge in [0.05, 0.1) is 12.6 Å². The fourth-order valence-corrected chi connectivity index (χ4v) is 2.70. The van der Waals surface area contributed by atoms with Crippen LogP contribution in [0.2, 0.25) is 0 Å². The van der Waals surface area contributed by atoms with Gasteiger partial charge < -0.3 is 19.8 Å². The van der Waals surface area contributed by atoms with E-state index < -0.39 is 12.1 Å². The number of para-hydroxylation sites is 1. The van der Waals surface area contributed by atoms with Crippen molar-refractivity contribution < 1.29 is 18.7 Å². The number of esters is 1. The highest BCUT2D eigenvalue weighted by Crippen LogP contribution is 2.29. The molecular formula is C16H18N2O4. The van der Waals surface area contributed by atoms with Gasteiger partial charge in [-0.05, 0) is 19.9 Å². The third-order valence-electron chi connectivity index (χ3n) is 3.86. The van der Waals surface area contributed by atoms with Crippen molar-refractivity contribution >= 4 is 23.0 Å². The molecule has 2 aromatic rings. The minimum Gasteiger partial charge on any atom is -0.464 e. The van der Waals surface area contributed by atoms with Gasteiger partial charge in [0.1, 0.15) is 17.4 Å². The Morgan fingerprint density at radius 1 is 1.36 bits per heavy atom. The zero-order chi connectivity index (χ0) is 15.7. The van der Waals surface area contributed by atoms with Crippen molar-refractivity contribution in [1.29, 1.82) is 0 Å². The Morgan fingerprint density at radius 2 is 2.14 bits per heavy atom. The minimum atomic E-state index is -0.566. The molecule has 2 heterocycles. The Morgan fingerprint density at radius 3 is 2.82 bits per heavy atom. The van der Waals surface area contributed by atoms with Gasteiger partial charge in [-0.15, -0.1) is 0 Å². The molecule has 0 bridgehead atoms. The largest absolute Gasteiger partial charge is 0.464 e. The number of nitrogens with one attached hydrogen (secondary N) is 2. The third-order valence-corrected chi connectivity index (χ3v) is 3.86. The summed E-state index contributed by atoms with van der Waals surface area (Å²) in [6, 6.07) is 6.47. The lowest BCUT2D eigenvalue weighted by molar-refractivity contribution is -0.139. The number of furan rings is 1. The minimum absolute atomic E-state index is 0.301. The summed E-state index contributed by atoms with van der Waals surface area (Å²) in [6.07, 6.45) is 0.504. The number of ether oxygens (including phenoxy) is 1. The summed E-state index contributed by atoms with van der Waals surface area (Å²) in [7, 11) is 0. The van der Waals surface area contributed by atoms with Gasteiger partial charge in [-0.1, -0.05) is 18.2 Å². The van der Waals surface area contributed by atoms with E-state index in [9.17, 15) is 9.59 Å². The molecule has 2 atom stereocenters. The SMILES string of the molecule is Cc1c(C(C)NC(=O)NC2CCOC2=O)oc2ccccc12. The molecule has 1 aliphatic heterocycles. The number of carbonyl (C=O) groups is 2. The molecule has 2 amide bonds. The first-order valence-corrected chi connectivity index (χ1v) is 7.28. The number of hydrogen-bond donors (Lipinski definition) is 2. The van der Waals surface area contributed by atoms with Crippen molar-refractivity contribution in [1.82, 2.24) is 10.6 Å². The molecule has 1 fully saturated rings. The molecule has 1 aliphatic rings. The maximum Gasteiger partial charge on any atom is 0.328 e. The maximum absolute atomic E-state index is 12.0. The first-order valence-electron chi connectivity index (χ1n) is 7.28. The maximum atomic E-state index is 12.0. The summed E-state index contributed by atoms with van der Waals surface area (Å²) < 4.78 is 10.6. The third kappa shape index (κ3) is 2.64. The Kier molecular flexibility index (Phi) is 3.75. The van der Waals surface area contributed by atoms with Gasteiger partial charge >= 0.3 is 12.0 Å². The number of cyclic esters (lactones) is 1. The van der Waals surface area contributed by atoms with Gasteiger partial charge in [0.25, 0.3) is 0 Å². The summed E-state index contributed by atoms with van der Waals surface area (Å²) in [4.78, 5) is 23.3. The highest BCUT2D eigenvalue weighted by atomic mass is 16.5. The van der Waals surface area contributed by atoms with Crippen molar-refractivity contribution in [2.24, 2.45) is 0 Å². The highest BCUT2D eigenvalue weighted by molar-refractivity contribution is 5.85. The lowest BCUT2D eigenvalue weighted by atomic mass is 10.1. The summed E-state index contributed by atoms with van der Waals surface area (Å²) in [5, 5.41) is 6.44. The molecule has 1 saturated heterocycles. The Balaban J connectivity index is 1.70. The van der Waals surface area contributed by atoms with Gasteiger partial charge in [0, 0.05) is 17.4 Å². The van der Waals surface area contributed by atoms with Crippen molar-refractivity contribution in [3.63, 3.8) is 0 Å². The van der Waals surface area contributed by atoms with Crippen molar-refractivity contribution in [2.75, 3.05) is 6.61 Å². The Bertz CT molecular complexity index is 722. The molecule has 3 rings (SSSR count). The molecule has 2 N–H and O–H groups in total. The average molecular weight is 302 g/mol. The average Bonchev–Trinajstić information content (AvgIpc) is 3.04. The van der Waals surface area contributed by atoms with Crippen LogP contribution in [0.4, 0.5) is 4.79 Å². The second-order valence-electron chi connectivity index (χ2n) is 5.44. The number of hydrogen-bond acceptors (Lipinski definition) is 4. The molecule has 1 aromatic heterocycles. The fourth-order valence-electron chi connectivity index (χ4n) is 2.70. The van der Waals surface area contributed by atoms with E-state index in [2.05, 4.69) is 10.6 Å². The molecule has 2 unspecified atom stereocenters. The van der Waals surface area contributed by atoms with E-state index in [4.69, 9.17) is 9.15 Å². The lowest BCUT2D eigenvalue weighted by Crippen LogP contribution is -2.44. The first-order chi connectivity index (χ1) is 10.6. The standard InChI is InChI=1S/C16H18N2O4/c1-9-11-5-3-4-6-13(11)22-14(9)10(2)17-16(20)18-12-7-8-21-15(12)19/h3-6,10,12H,7-8H2,1-2H3,(H2,17,18,20). The molecule has 6 heteroatoms. The summed E-state index contributed by atoms with van der Waals surface area (Å²) in [5.74, 6) is 0.327. The van der Waals surface area contributed by atoms with E-state index in [-0.39, 0.29) is 12.0 Å². The van der Waals surface area contributed by atoms with Gasteiger partial charge in [-0.2, -0.15) is 0 Å². The molecule has 0 radical (unpaired) electrons. The van der Waals surface area contributed by atoms with Crippen LogP contribution in [0.15, 0.2) is 28.7 Å². The zero-order valence-electron chi connectivity index (χ0n) is 12.5. The quantitative estimate of drug-likeness (QED) is 0.853. The van der Waals surface area contributed by atoms with E-state index in [1.54, 1.807) is 0 Å².